The molecule has 0 spiro atoms. The Kier molecular flexibility index (Phi) is 4.75. The predicted octanol–water partition coefficient (Wildman–Crippen LogP) is 4.13. The summed E-state index contributed by atoms with van der Waals surface area (Å²) < 4.78 is 10.5. The van der Waals surface area contributed by atoms with Gasteiger partial charge in [0.1, 0.15) is 17.3 Å². The molecule has 2 rings (SSSR count). The van der Waals surface area contributed by atoms with Crippen molar-refractivity contribution in [2.75, 3.05) is 12.4 Å². The molecule has 0 bridgehead atoms. The number of ether oxygens (including phenoxy) is 1. The van der Waals surface area contributed by atoms with Gasteiger partial charge in [0.2, 0.25) is 0 Å². The zero-order chi connectivity index (χ0) is 15.4. The van der Waals surface area contributed by atoms with Crippen LogP contribution in [0.1, 0.15) is 24.5 Å². The van der Waals surface area contributed by atoms with Crippen molar-refractivity contribution in [2.45, 2.75) is 19.9 Å². The van der Waals surface area contributed by atoms with Gasteiger partial charge in [0.05, 0.1) is 18.2 Å². The van der Waals surface area contributed by atoms with Gasteiger partial charge in [0.15, 0.2) is 0 Å². The molecule has 5 nitrogen and oxygen atoms in total. The van der Waals surface area contributed by atoms with E-state index in [1.165, 1.54) is 7.11 Å². The Bertz CT molecular complexity index is 640. The highest BCUT2D eigenvalue weighted by atomic mass is 35.5. The maximum absolute atomic E-state index is 11.9. The average molecular weight is 309 g/mol. The van der Waals surface area contributed by atoms with Crippen molar-refractivity contribution in [3.63, 3.8) is 0 Å². The van der Waals surface area contributed by atoms with Crippen LogP contribution < -0.4 is 15.4 Å². The lowest BCUT2D eigenvalue weighted by Gasteiger charge is -2.13. The summed E-state index contributed by atoms with van der Waals surface area (Å²) in [6.07, 6.45) is 0. The van der Waals surface area contributed by atoms with Crippen LogP contribution in [0.4, 0.5) is 10.5 Å². The smallest absolute Gasteiger partial charge is 0.319 e. The van der Waals surface area contributed by atoms with Crippen LogP contribution in [0.25, 0.3) is 0 Å². The summed E-state index contributed by atoms with van der Waals surface area (Å²) in [5, 5.41) is 5.93. The van der Waals surface area contributed by atoms with E-state index in [0.717, 1.165) is 5.76 Å². The van der Waals surface area contributed by atoms with E-state index >= 15 is 0 Å². The number of methoxy groups -OCH3 is 1. The number of hydrogen-bond acceptors (Lipinski definition) is 3. The number of carbonyl (C=O) groups is 1. The van der Waals surface area contributed by atoms with E-state index in [2.05, 4.69) is 10.6 Å². The van der Waals surface area contributed by atoms with Gasteiger partial charge in [-0.25, -0.2) is 4.79 Å². The molecule has 0 fully saturated rings. The lowest BCUT2D eigenvalue weighted by atomic mass is 10.2. The highest BCUT2D eigenvalue weighted by molar-refractivity contribution is 6.32. The summed E-state index contributed by atoms with van der Waals surface area (Å²) in [6, 6.07) is 8.16. The lowest BCUT2D eigenvalue weighted by molar-refractivity contribution is 0.247. The molecule has 0 saturated carbocycles. The minimum atomic E-state index is -0.335. The molecular formula is C15H17ClN2O3. The summed E-state index contributed by atoms with van der Waals surface area (Å²) in [5.74, 6) is 2.07. The number of furan rings is 1. The number of amides is 2. The molecule has 2 amide bonds. The number of nitrogens with one attached hydrogen (secondary N) is 2. The molecule has 21 heavy (non-hydrogen) atoms. The fourth-order valence-corrected chi connectivity index (χ4v) is 2.12. The highest BCUT2D eigenvalue weighted by Crippen LogP contribution is 2.27. The third-order valence-corrected chi connectivity index (χ3v) is 3.24. The standard InChI is InChI=1S/C15H17ClN2O3/c1-9-4-6-13(21-9)10(2)17-15(19)18-11-5-7-14(20-3)12(16)8-11/h4-8,10H,1-3H3,(H2,17,18,19)/t10-/m0/s1. The van der Waals surface area contributed by atoms with E-state index in [1.54, 1.807) is 18.2 Å². The fraction of sp³-hybridized carbons (Fsp3) is 0.267. The molecule has 0 unspecified atom stereocenters. The first kappa shape index (κ1) is 15.3. The Morgan fingerprint density at radius 2 is 2.10 bits per heavy atom. The summed E-state index contributed by atoms with van der Waals surface area (Å²) in [7, 11) is 1.54. The van der Waals surface area contributed by atoms with Gasteiger partial charge in [0, 0.05) is 5.69 Å². The van der Waals surface area contributed by atoms with E-state index < -0.39 is 0 Å². The van der Waals surface area contributed by atoms with E-state index in [0.29, 0.717) is 22.2 Å². The number of rotatable bonds is 4. The van der Waals surface area contributed by atoms with Gasteiger partial charge in [-0.05, 0) is 44.2 Å². The molecule has 6 heteroatoms. The van der Waals surface area contributed by atoms with Crippen molar-refractivity contribution < 1.29 is 13.9 Å². The van der Waals surface area contributed by atoms with E-state index in [1.807, 2.05) is 26.0 Å². The zero-order valence-corrected chi connectivity index (χ0v) is 12.8. The van der Waals surface area contributed by atoms with Gasteiger partial charge in [-0.1, -0.05) is 11.6 Å². The average Bonchev–Trinajstić information content (AvgIpc) is 2.85. The Morgan fingerprint density at radius 1 is 1.33 bits per heavy atom. The van der Waals surface area contributed by atoms with Crippen molar-refractivity contribution >= 4 is 23.3 Å². The Balaban J connectivity index is 1.97. The number of carbonyl (C=O) groups excluding carboxylic acids is 1. The van der Waals surface area contributed by atoms with Gasteiger partial charge >= 0.3 is 6.03 Å². The summed E-state index contributed by atoms with van der Waals surface area (Å²) in [4.78, 5) is 11.9. The summed E-state index contributed by atoms with van der Waals surface area (Å²) >= 11 is 6.01. The zero-order valence-electron chi connectivity index (χ0n) is 12.1. The van der Waals surface area contributed by atoms with Crippen molar-refractivity contribution in [3.8, 4) is 5.75 Å². The largest absolute Gasteiger partial charge is 0.495 e. The molecule has 0 aliphatic heterocycles. The molecule has 112 valence electrons. The number of benzene rings is 1. The van der Waals surface area contributed by atoms with Crippen LogP contribution in [0.5, 0.6) is 5.75 Å². The molecule has 1 atom stereocenters. The van der Waals surface area contributed by atoms with Gasteiger partial charge in [-0.2, -0.15) is 0 Å². The second-order valence-corrected chi connectivity index (χ2v) is 5.03. The van der Waals surface area contributed by atoms with Crippen LogP contribution in [0.2, 0.25) is 5.02 Å². The normalized spacial score (nSPS) is 11.8. The number of halogens is 1. The SMILES string of the molecule is COc1ccc(NC(=O)N[C@@H](C)c2ccc(C)o2)cc1Cl. The quantitative estimate of drug-likeness (QED) is 0.892. The Labute approximate surface area is 128 Å². The van der Waals surface area contributed by atoms with Crippen molar-refractivity contribution in [1.29, 1.82) is 0 Å². The summed E-state index contributed by atoms with van der Waals surface area (Å²) in [5.41, 5.74) is 0.584. The molecule has 2 N–H and O–H groups in total. The van der Waals surface area contributed by atoms with Gasteiger partial charge in [-0.3, -0.25) is 0 Å². The third-order valence-electron chi connectivity index (χ3n) is 2.95. The minimum absolute atomic E-state index is 0.229. The van der Waals surface area contributed by atoms with Crippen LogP contribution in [0, 0.1) is 6.92 Å². The Hall–Kier alpha value is -2.14. The molecule has 1 aromatic carbocycles. The van der Waals surface area contributed by atoms with Gasteiger partial charge in [-0.15, -0.1) is 0 Å². The number of hydrogen-bond donors (Lipinski definition) is 2. The second-order valence-electron chi connectivity index (χ2n) is 4.62. The molecule has 0 aliphatic rings. The van der Waals surface area contributed by atoms with Crippen LogP contribution >= 0.6 is 11.6 Å². The van der Waals surface area contributed by atoms with Crippen LogP contribution in [-0.2, 0) is 0 Å². The van der Waals surface area contributed by atoms with E-state index in [4.69, 9.17) is 20.8 Å². The second kappa shape index (κ2) is 6.54. The fourth-order valence-electron chi connectivity index (χ4n) is 1.87. The van der Waals surface area contributed by atoms with Crippen molar-refractivity contribution in [2.24, 2.45) is 0 Å². The van der Waals surface area contributed by atoms with Crippen LogP contribution in [-0.4, -0.2) is 13.1 Å². The minimum Gasteiger partial charge on any atom is -0.495 e. The first-order chi connectivity index (χ1) is 9.99. The molecule has 1 heterocycles. The first-order valence-corrected chi connectivity index (χ1v) is 6.85. The molecule has 0 saturated heterocycles. The molecule has 1 aromatic heterocycles. The topological polar surface area (TPSA) is 63.5 Å². The maximum Gasteiger partial charge on any atom is 0.319 e. The van der Waals surface area contributed by atoms with E-state index in [9.17, 15) is 4.79 Å². The van der Waals surface area contributed by atoms with E-state index in [-0.39, 0.29) is 12.1 Å². The monoisotopic (exact) mass is 308 g/mol. The van der Waals surface area contributed by atoms with Crippen molar-refractivity contribution in [3.05, 3.63) is 46.9 Å². The number of anilines is 1. The molecule has 0 aliphatic carbocycles. The molecule has 2 aromatic rings. The van der Waals surface area contributed by atoms with Crippen molar-refractivity contribution in [1.82, 2.24) is 5.32 Å². The predicted molar refractivity (Wildman–Crippen MR) is 82.0 cm³/mol. The third kappa shape index (κ3) is 3.92. The first-order valence-electron chi connectivity index (χ1n) is 6.47. The number of urea groups is 1. The lowest BCUT2D eigenvalue weighted by Crippen LogP contribution is -2.30. The molecular weight excluding hydrogens is 292 g/mol. The number of aryl methyl sites for hydroxylation is 1. The van der Waals surface area contributed by atoms with Gasteiger partial charge in [0.25, 0.3) is 0 Å². The van der Waals surface area contributed by atoms with Crippen LogP contribution in [0.3, 0.4) is 0 Å². The molecule has 0 radical (unpaired) electrons. The highest BCUT2D eigenvalue weighted by Gasteiger charge is 2.13. The summed E-state index contributed by atoms with van der Waals surface area (Å²) in [6.45, 7) is 3.70. The Morgan fingerprint density at radius 3 is 2.67 bits per heavy atom. The van der Waals surface area contributed by atoms with Crippen LogP contribution in [0.15, 0.2) is 34.7 Å². The maximum atomic E-state index is 11.9. The van der Waals surface area contributed by atoms with Gasteiger partial charge < -0.3 is 19.8 Å².